The molecule has 2 rings (SSSR count). The first kappa shape index (κ1) is 13.0. The van der Waals surface area contributed by atoms with Crippen molar-refractivity contribution in [1.82, 2.24) is 4.90 Å². The number of ether oxygens (including phenoxy) is 1. The Morgan fingerprint density at radius 1 is 1.50 bits per heavy atom. The van der Waals surface area contributed by atoms with E-state index < -0.39 is 5.60 Å². The molecule has 0 aromatic carbocycles. The molecule has 5 heteroatoms. The third-order valence-electron chi connectivity index (χ3n) is 2.99. The smallest absolute Gasteiger partial charge is 0.410 e. The van der Waals surface area contributed by atoms with Crippen molar-refractivity contribution in [2.24, 2.45) is 5.73 Å². The molecule has 1 saturated heterocycles. The number of hydrogen-bond donors (Lipinski definition) is 1. The molecule has 0 bridgehead atoms. The van der Waals surface area contributed by atoms with Crippen molar-refractivity contribution < 1.29 is 13.9 Å². The van der Waals surface area contributed by atoms with E-state index in [1.807, 2.05) is 26.8 Å². The zero-order valence-corrected chi connectivity index (χ0v) is 11.1. The number of furan rings is 1. The number of nitrogens with zero attached hydrogens (tertiary/aromatic N) is 1. The quantitative estimate of drug-likeness (QED) is 0.829. The molecule has 2 unspecified atom stereocenters. The van der Waals surface area contributed by atoms with Crippen LogP contribution in [-0.4, -0.2) is 35.7 Å². The molecule has 1 aromatic rings. The van der Waals surface area contributed by atoms with Gasteiger partial charge >= 0.3 is 6.09 Å². The van der Waals surface area contributed by atoms with Gasteiger partial charge in [-0.2, -0.15) is 0 Å². The van der Waals surface area contributed by atoms with Gasteiger partial charge in [0.2, 0.25) is 0 Å². The van der Waals surface area contributed by atoms with Crippen LogP contribution in [0.4, 0.5) is 4.79 Å². The van der Waals surface area contributed by atoms with Crippen LogP contribution in [0.1, 0.15) is 32.3 Å². The van der Waals surface area contributed by atoms with E-state index in [-0.39, 0.29) is 18.1 Å². The molecule has 0 aliphatic carbocycles. The predicted molar refractivity (Wildman–Crippen MR) is 67.2 cm³/mol. The van der Waals surface area contributed by atoms with E-state index in [1.165, 1.54) is 0 Å². The average molecular weight is 252 g/mol. The van der Waals surface area contributed by atoms with Crippen LogP contribution in [-0.2, 0) is 4.74 Å². The first-order valence-corrected chi connectivity index (χ1v) is 6.12. The van der Waals surface area contributed by atoms with E-state index in [1.54, 1.807) is 17.4 Å². The Hall–Kier alpha value is -1.49. The maximum Gasteiger partial charge on any atom is 0.410 e. The van der Waals surface area contributed by atoms with Gasteiger partial charge in [0.05, 0.1) is 12.5 Å². The molecule has 1 aliphatic rings. The van der Waals surface area contributed by atoms with Crippen molar-refractivity contribution in [1.29, 1.82) is 0 Å². The summed E-state index contributed by atoms with van der Waals surface area (Å²) in [5.74, 6) is 0.122. The van der Waals surface area contributed by atoms with Gasteiger partial charge in [0.25, 0.3) is 0 Å². The Bertz CT molecular complexity index is 408. The topological polar surface area (TPSA) is 68.7 Å². The molecule has 1 aromatic heterocycles. The minimum atomic E-state index is -0.477. The lowest BCUT2D eigenvalue weighted by atomic mass is 9.98. The summed E-state index contributed by atoms with van der Waals surface area (Å²) in [6, 6.07) is 1.82. The Kier molecular flexibility index (Phi) is 3.34. The average Bonchev–Trinajstić information content (AvgIpc) is 2.82. The molecule has 5 nitrogen and oxygen atoms in total. The zero-order valence-electron chi connectivity index (χ0n) is 11.1. The Labute approximate surface area is 107 Å². The van der Waals surface area contributed by atoms with Crippen LogP contribution in [0, 0.1) is 0 Å². The summed E-state index contributed by atoms with van der Waals surface area (Å²) in [4.78, 5) is 13.6. The van der Waals surface area contributed by atoms with Gasteiger partial charge in [-0.25, -0.2) is 4.79 Å². The minimum absolute atomic E-state index is 0.0740. The van der Waals surface area contributed by atoms with Crippen molar-refractivity contribution in [3.8, 4) is 0 Å². The molecule has 0 spiro atoms. The van der Waals surface area contributed by atoms with Crippen LogP contribution in [0.3, 0.4) is 0 Å². The monoisotopic (exact) mass is 252 g/mol. The number of carbonyl (C=O) groups excluding carboxylic acids is 1. The first-order chi connectivity index (χ1) is 8.37. The third kappa shape index (κ3) is 2.85. The van der Waals surface area contributed by atoms with E-state index in [4.69, 9.17) is 14.9 Å². The minimum Gasteiger partial charge on any atom is -0.472 e. The standard InChI is InChI=1S/C13H20N2O3/c1-13(2,3)18-12(16)15-6-10(11(14)7-15)9-4-5-17-8-9/h4-5,8,10-11H,6-7,14H2,1-3H3. The molecule has 18 heavy (non-hydrogen) atoms. The first-order valence-electron chi connectivity index (χ1n) is 6.12. The van der Waals surface area contributed by atoms with E-state index in [9.17, 15) is 4.79 Å². The van der Waals surface area contributed by atoms with Gasteiger partial charge in [0.15, 0.2) is 0 Å². The number of amides is 1. The Morgan fingerprint density at radius 2 is 2.22 bits per heavy atom. The van der Waals surface area contributed by atoms with Crippen molar-refractivity contribution in [2.45, 2.75) is 38.3 Å². The van der Waals surface area contributed by atoms with Crippen LogP contribution < -0.4 is 5.73 Å². The second kappa shape index (κ2) is 4.65. The summed E-state index contributed by atoms with van der Waals surface area (Å²) in [7, 11) is 0. The van der Waals surface area contributed by atoms with Gasteiger partial charge in [-0.05, 0) is 32.4 Å². The lowest BCUT2D eigenvalue weighted by molar-refractivity contribution is 0.0290. The van der Waals surface area contributed by atoms with E-state index >= 15 is 0 Å². The molecular weight excluding hydrogens is 232 g/mol. The molecule has 0 radical (unpaired) electrons. The number of carbonyl (C=O) groups is 1. The summed E-state index contributed by atoms with van der Waals surface area (Å²) in [5, 5.41) is 0. The van der Waals surface area contributed by atoms with Crippen LogP contribution in [0.25, 0.3) is 0 Å². The van der Waals surface area contributed by atoms with Crippen molar-refractivity contribution >= 4 is 6.09 Å². The SMILES string of the molecule is CC(C)(C)OC(=O)N1CC(N)C(c2ccoc2)C1. The number of likely N-dealkylation sites (tertiary alicyclic amines) is 1. The largest absolute Gasteiger partial charge is 0.472 e. The van der Waals surface area contributed by atoms with Gasteiger partial charge in [0.1, 0.15) is 5.60 Å². The maximum absolute atomic E-state index is 11.9. The maximum atomic E-state index is 11.9. The van der Waals surface area contributed by atoms with Crippen molar-refractivity contribution in [2.75, 3.05) is 13.1 Å². The zero-order chi connectivity index (χ0) is 13.3. The van der Waals surface area contributed by atoms with Gasteiger partial charge < -0.3 is 19.8 Å². The molecular formula is C13H20N2O3. The summed E-state index contributed by atoms with van der Waals surface area (Å²) in [5.41, 5.74) is 6.63. The van der Waals surface area contributed by atoms with Gasteiger partial charge in [-0.3, -0.25) is 0 Å². The lowest BCUT2D eigenvalue weighted by Gasteiger charge is -2.24. The van der Waals surface area contributed by atoms with E-state index in [0.717, 1.165) is 5.56 Å². The summed E-state index contributed by atoms with van der Waals surface area (Å²) in [6.07, 6.45) is 3.00. The van der Waals surface area contributed by atoms with Crippen LogP contribution >= 0.6 is 0 Å². The highest BCUT2D eigenvalue weighted by Crippen LogP contribution is 2.27. The van der Waals surface area contributed by atoms with Crippen LogP contribution in [0.5, 0.6) is 0 Å². The fraction of sp³-hybridized carbons (Fsp3) is 0.615. The van der Waals surface area contributed by atoms with E-state index in [2.05, 4.69) is 0 Å². The highest BCUT2D eigenvalue weighted by Gasteiger charge is 2.36. The van der Waals surface area contributed by atoms with Crippen molar-refractivity contribution in [3.63, 3.8) is 0 Å². The Morgan fingerprint density at radius 3 is 2.78 bits per heavy atom. The summed E-state index contributed by atoms with van der Waals surface area (Å²) >= 11 is 0. The highest BCUT2D eigenvalue weighted by atomic mass is 16.6. The van der Waals surface area contributed by atoms with Crippen LogP contribution in [0.15, 0.2) is 23.0 Å². The molecule has 100 valence electrons. The van der Waals surface area contributed by atoms with Gasteiger partial charge in [-0.15, -0.1) is 0 Å². The molecule has 1 aliphatic heterocycles. The van der Waals surface area contributed by atoms with Gasteiger partial charge in [0, 0.05) is 25.0 Å². The normalized spacial score (nSPS) is 24.3. The Balaban J connectivity index is 2.00. The molecule has 2 atom stereocenters. The molecule has 1 fully saturated rings. The van der Waals surface area contributed by atoms with Gasteiger partial charge in [-0.1, -0.05) is 0 Å². The number of nitrogens with two attached hydrogens (primary N) is 1. The second-order valence-corrected chi connectivity index (χ2v) is 5.71. The third-order valence-corrected chi connectivity index (χ3v) is 2.99. The van der Waals surface area contributed by atoms with Crippen LogP contribution in [0.2, 0.25) is 0 Å². The molecule has 0 saturated carbocycles. The highest BCUT2D eigenvalue weighted by molar-refractivity contribution is 5.69. The fourth-order valence-electron chi connectivity index (χ4n) is 2.14. The summed E-state index contributed by atoms with van der Waals surface area (Å²) in [6.45, 7) is 6.66. The molecule has 2 N–H and O–H groups in total. The number of rotatable bonds is 1. The molecule has 2 heterocycles. The number of hydrogen-bond acceptors (Lipinski definition) is 4. The predicted octanol–water partition coefficient (Wildman–Crippen LogP) is 1.94. The lowest BCUT2D eigenvalue weighted by Crippen LogP contribution is -2.36. The van der Waals surface area contributed by atoms with Crippen molar-refractivity contribution in [3.05, 3.63) is 24.2 Å². The molecule has 1 amide bonds. The summed E-state index contributed by atoms with van der Waals surface area (Å²) < 4.78 is 10.4. The second-order valence-electron chi connectivity index (χ2n) is 5.71. The fourth-order valence-corrected chi connectivity index (χ4v) is 2.14. The van der Waals surface area contributed by atoms with E-state index in [0.29, 0.717) is 13.1 Å².